The Labute approximate surface area is 162 Å². The van der Waals surface area contributed by atoms with E-state index in [4.69, 9.17) is 0 Å². The summed E-state index contributed by atoms with van der Waals surface area (Å²) in [5.74, 6) is 0. The molecule has 142 valence electrons. The Hall–Kier alpha value is -2.21. The maximum Gasteiger partial charge on any atom is 0.242 e. The maximum atomic E-state index is 12.6. The molecule has 0 radical (unpaired) electrons. The van der Waals surface area contributed by atoms with E-state index in [0.29, 0.717) is 4.90 Å². The standard InChI is InChI=1S/C22H26N2O2S/c1-23(2)15-7-10-21-20-9-6-5-8-17(20)11-12-18-13-14-19(16-22(18)21)27(25,26)24(3)4/h5-6,8-14,16H,7,15H2,1-4H3. The lowest BCUT2D eigenvalue weighted by Gasteiger charge is -2.16. The molecule has 0 saturated heterocycles. The van der Waals surface area contributed by atoms with Crippen LogP contribution in [-0.4, -0.2) is 52.4 Å². The van der Waals surface area contributed by atoms with E-state index in [1.165, 1.54) is 4.31 Å². The zero-order valence-corrected chi connectivity index (χ0v) is 17.1. The van der Waals surface area contributed by atoms with Gasteiger partial charge in [0, 0.05) is 20.6 Å². The van der Waals surface area contributed by atoms with Crippen molar-refractivity contribution in [3.05, 3.63) is 70.8 Å². The monoisotopic (exact) mass is 382 g/mol. The van der Waals surface area contributed by atoms with Crippen LogP contribution >= 0.6 is 0 Å². The largest absolute Gasteiger partial charge is 0.309 e. The van der Waals surface area contributed by atoms with Crippen molar-refractivity contribution in [3.63, 3.8) is 0 Å². The minimum absolute atomic E-state index is 0.317. The van der Waals surface area contributed by atoms with E-state index in [-0.39, 0.29) is 0 Å². The second kappa shape index (κ2) is 7.80. The van der Waals surface area contributed by atoms with Gasteiger partial charge in [-0.1, -0.05) is 48.6 Å². The lowest BCUT2D eigenvalue weighted by Crippen LogP contribution is -2.22. The van der Waals surface area contributed by atoms with Gasteiger partial charge in [-0.2, -0.15) is 0 Å². The first-order valence-corrected chi connectivity index (χ1v) is 10.4. The van der Waals surface area contributed by atoms with Gasteiger partial charge in [0.05, 0.1) is 4.90 Å². The van der Waals surface area contributed by atoms with Gasteiger partial charge in [0.15, 0.2) is 0 Å². The third kappa shape index (κ3) is 4.05. The first-order chi connectivity index (χ1) is 12.8. The predicted octanol–water partition coefficient (Wildman–Crippen LogP) is 3.80. The van der Waals surface area contributed by atoms with Crippen molar-refractivity contribution in [3.8, 4) is 0 Å². The molecule has 0 N–H and O–H groups in total. The minimum atomic E-state index is -3.48. The Morgan fingerprint density at radius 1 is 0.889 bits per heavy atom. The molecule has 0 atom stereocenters. The fourth-order valence-electron chi connectivity index (χ4n) is 3.18. The second-order valence-corrected chi connectivity index (χ2v) is 9.32. The van der Waals surface area contributed by atoms with Crippen LogP contribution in [0.25, 0.3) is 17.7 Å². The van der Waals surface area contributed by atoms with Crippen molar-refractivity contribution in [2.24, 2.45) is 0 Å². The Morgan fingerprint density at radius 2 is 1.56 bits per heavy atom. The highest BCUT2D eigenvalue weighted by atomic mass is 32.2. The van der Waals surface area contributed by atoms with Crippen molar-refractivity contribution >= 4 is 27.7 Å². The fraction of sp³-hybridized carbons (Fsp3) is 0.273. The van der Waals surface area contributed by atoms with Gasteiger partial charge in [-0.3, -0.25) is 0 Å². The number of fused-ring (bicyclic) bond motifs is 2. The fourth-order valence-corrected chi connectivity index (χ4v) is 4.11. The highest BCUT2D eigenvalue weighted by Crippen LogP contribution is 2.35. The van der Waals surface area contributed by atoms with Gasteiger partial charge in [0.25, 0.3) is 0 Å². The molecule has 0 spiro atoms. The minimum Gasteiger partial charge on any atom is -0.309 e. The average Bonchev–Trinajstić information content (AvgIpc) is 2.78. The summed E-state index contributed by atoms with van der Waals surface area (Å²) in [6, 6.07) is 13.6. The van der Waals surface area contributed by atoms with E-state index in [2.05, 4.69) is 49.4 Å². The van der Waals surface area contributed by atoms with Crippen molar-refractivity contribution < 1.29 is 8.42 Å². The lowest BCUT2D eigenvalue weighted by atomic mass is 9.93. The zero-order valence-electron chi connectivity index (χ0n) is 16.3. The summed E-state index contributed by atoms with van der Waals surface area (Å²) in [5.41, 5.74) is 5.34. The first-order valence-electron chi connectivity index (χ1n) is 9.00. The summed E-state index contributed by atoms with van der Waals surface area (Å²) >= 11 is 0. The Kier molecular flexibility index (Phi) is 5.65. The van der Waals surface area contributed by atoms with E-state index < -0.39 is 10.0 Å². The molecule has 4 nitrogen and oxygen atoms in total. The van der Waals surface area contributed by atoms with E-state index in [0.717, 1.165) is 40.8 Å². The molecule has 0 unspecified atom stereocenters. The first kappa shape index (κ1) is 19.5. The molecule has 5 heteroatoms. The van der Waals surface area contributed by atoms with Crippen LogP contribution in [0.5, 0.6) is 0 Å². The SMILES string of the molecule is CN(C)CCC=C1c2ccccc2C=Cc2ccc(S(=O)(=O)N(C)C)cc21. The number of hydrogen-bond donors (Lipinski definition) is 0. The zero-order chi connectivity index (χ0) is 19.6. The smallest absolute Gasteiger partial charge is 0.242 e. The van der Waals surface area contributed by atoms with Gasteiger partial charge < -0.3 is 4.90 Å². The summed E-state index contributed by atoms with van der Waals surface area (Å²) in [6.07, 6.45) is 7.27. The summed E-state index contributed by atoms with van der Waals surface area (Å²) in [7, 11) is 3.74. The molecule has 0 amide bonds. The van der Waals surface area contributed by atoms with E-state index in [9.17, 15) is 8.42 Å². The Morgan fingerprint density at radius 3 is 2.22 bits per heavy atom. The van der Waals surface area contributed by atoms with Crippen molar-refractivity contribution in [2.75, 3.05) is 34.7 Å². The highest BCUT2D eigenvalue weighted by Gasteiger charge is 2.21. The molecule has 0 fully saturated rings. The molecule has 0 bridgehead atoms. The van der Waals surface area contributed by atoms with Gasteiger partial charge in [0.1, 0.15) is 0 Å². The van der Waals surface area contributed by atoms with E-state index >= 15 is 0 Å². The molecule has 1 aliphatic carbocycles. The molecule has 27 heavy (non-hydrogen) atoms. The molecule has 0 aromatic heterocycles. The maximum absolute atomic E-state index is 12.6. The third-order valence-electron chi connectivity index (χ3n) is 4.71. The number of nitrogens with zero attached hydrogens (tertiary/aromatic N) is 2. The summed E-state index contributed by atoms with van der Waals surface area (Å²) in [5, 5.41) is 0. The number of hydrogen-bond acceptors (Lipinski definition) is 3. The van der Waals surface area contributed by atoms with Crippen LogP contribution in [0.4, 0.5) is 0 Å². The van der Waals surface area contributed by atoms with Gasteiger partial charge in [-0.05, 0) is 60.5 Å². The van der Waals surface area contributed by atoms with Crippen LogP contribution in [-0.2, 0) is 10.0 Å². The molecule has 0 heterocycles. The van der Waals surface area contributed by atoms with Crippen LogP contribution in [0, 0.1) is 0 Å². The van der Waals surface area contributed by atoms with Crippen LogP contribution < -0.4 is 0 Å². The van der Waals surface area contributed by atoms with E-state index in [1.807, 2.05) is 18.2 Å². The van der Waals surface area contributed by atoms with Crippen LogP contribution in [0.3, 0.4) is 0 Å². The van der Waals surface area contributed by atoms with Crippen molar-refractivity contribution in [1.82, 2.24) is 9.21 Å². The molecular weight excluding hydrogens is 356 g/mol. The van der Waals surface area contributed by atoms with Crippen LogP contribution in [0.1, 0.15) is 28.7 Å². The average molecular weight is 383 g/mol. The van der Waals surface area contributed by atoms with Gasteiger partial charge >= 0.3 is 0 Å². The van der Waals surface area contributed by atoms with E-state index in [1.54, 1.807) is 26.2 Å². The topological polar surface area (TPSA) is 40.6 Å². The number of sulfonamides is 1. The molecule has 0 saturated carbocycles. The number of benzene rings is 2. The summed E-state index contributed by atoms with van der Waals surface area (Å²) in [4.78, 5) is 2.46. The number of rotatable bonds is 5. The van der Waals surface area contributed by atoms with Crippen molar-refractivity contribution in [2.45, 2.75) is 11.3 Å². The third-order valence-corrected chi connectivity index (χ3v) is 6.52. The summed E-state index contributed by atoms with van der Waals surface area (Å²) < 4.78 is 26.5. The molecule has 0 aliphatic heterocycles. The van der Waals surface area contributed by atoms with Crippen LogP contribution in [0.15, 0.2) is 53.4 Å². The second-order valence-electron chi connectivity index (χ2n) is 7.17. The molecule has 1 aliphatic rings. The highest BCUT2D eigenvalue weighted by molar-refractivity contribution is 7.89. The van der Waals surface area contributed by atoms with Gasteiger partial charge in [0.2, 0.25) is 10.0 Å². The molecule has 2 aromatic carbocycles. The van der Waals surface area contributed by atoms with Crippen LogP contribution in [0.2, 0.25) is 0 Å². The molecule has 3 rings (SSSR count). The lowest BCUT2D eigenvalue weighted by molar-refractivity contribution is 0.417. The van der Waals surface area contributed by atoms with Gasteiger partial charge in [-0.15, -0.1) is 0 Å². The normalized spacial score (nSPS) is 15.1. The molecular formula is C22H26N2O2S. The predicted molar refractivity (Wildman–Crippen MR) is 113 cm³/mol. The quantitative estimate of drug-likeness (QED) is 0.674. The summed E-state index contributed by atoms with van der Waals surface area (Å²) in [6.45, 7) is 0.935. The Balaban J connectivity index is 2.19. The Bertz CT molecular complexity index is 1000. The van der Waals surface area contributed by atoms with Crippen molar-refractivity contribution in [1.29, 1.82) is 0 Å². The molecule has 2 aromatic rings. The van der Waals surface area contributed by atoms with Gasteiger partial charge in [-0.25, -0.2) is 12.7 Å².